The van der Waals surface area contributed by atoms with Gasteiger partial charge in [-0.25, -0.2) is 4.98 Å². The topological polar surface area (TPSA) is 50.3 Å². The molecule has 1 fully saturated rings. The molecule has 1 aromatic rings. The molecule has 0 aliphatic carbocycles. The molecule has 1 aliphatic heterocycles. The molecular formula is C13H19F3N4O. The number of anilines is 2. The minimum Gasteiger partial charge on any atom is -0.376 e. The standard InChI is InChI=1S/C13H19F3N4O/c1-17-12-18-10(13(14,15)16)7-11(19-12)20(2)8-9-5-3-4-6-21-9/h7,9H,3-6,8H2,1-2H3,(H,17,18,19). The molecule has 1 aromatic heterocycles. The fourth-order valence-corrected chi connectivity index (χ4v) is 2.24. The van der Waals surface area contributed by atoms with Crippen LogP contribution in [0.2, 0.25) is 0 Å². The molecule has 0 saturated carbocycles. The summed E-state index contributed by atoms with van der Waals surface area (Å²) in [7, 11) is 3.20. The molecule has 0 spiro atoms. The summed E-state index contributed by atoms with van der Waals surface area (Å²) >= 11 is 0. The molecule has 0 amide bonds. The van der Waals surface area contributed by atoms with Gasteiger partial charge >= 0.3 is 6.18 Å². The fraction of sp³-hybridized carbons (Fsp3) is 0.692. The van der Waals surface area contributed by atoms with Crippen molar-refractivity contribution >= 4 is 11.8 Å². The highest BCUT2D eigenvalue weighted by Gasteiger charge is 2.34. The quantitative estimate of drug-likeness (QED) is 0.926. The van der Waals surface area contributed by atoms with Crippen LogP contribution in [-0.4, -0.2) is 43.3 Å². The molecule has 0 bridgehead atoms. The van der Waals surface area contributed by atoms with Gasteiger partial charge in [-0.3, -0.25) is 0 Å². The molecule has 1 atom stereocenters. The van der Waals surface area contributed by atoms with Crippen LogP contribution in [0.15, 0.2) is 6.07 Å². The maximum atomic E-state index is 12.8. The maximum absolute atomic E-state index is 12.8. The number of aromatic nitrogens is 2. The van der Waals surface area contributed by atoms with Crippen LogP contribution in [-0.2, 0) is 10.9 Å². The van der Waals surface area contributed by atoms with Crippen molar-refractivity contribution in [2.24, 2.45) is 0 Å². The summed E-state index contributed by atoms with van der Waals surface area (Å²) in [4.78, 5) is 9.20. The highest BCUT2D eigenvalue weighted by Crippen LogP contribution is 2.30. The number of rotatable bonds is 4. The molecule has 1 unspecified atom stereocenters. The van der Waals surface area contributed by atoms with Crippen LogP contribution in [0.3, 0.4) is 0 Å². The third-order valence-electron chi connectivity index (χ3n) is 3.37. The van der Waals surface area contributed by atoms with Gasteiger partial charge in [0.25, 0.3) is 0 Å². The van der Waals surface area contributed by atoms with Crippen molar-refractivity contribution in [1.29, 1.82) is 0 Å². The Balaban J connectivity index is 2.17. The molecular weight excluding hydrogens is 285 g/mol. The van der Waals surface area contributed by atoms with Crippen molar-refractivity contribution in [3.8, 4) is 0 Å². The van der Waals surface area contributed by atoms with Crippen LogP contribution >= 0.6 is 0 Å². The molecule has 1 aliphatic rings. The molecule has 2 rings (SSSR count). The average molecular weight is 304 g/mol. The number of nitrogens with zero attached hydrogens (tertiary/aromatic N) is 3. The normalized spacial score (nSPS) is 19.4. The van der Waals surface area contributed by atoms with E-state index >= 15 is 0 Å². The van der Waals surface area contributed by atoms with E-state index in [0.29, 0.717) is 13.2 Å². The number of halogens is 3. The minimum absolute atomic E-state index is 0.0334. The van der Waals surface area contributed by atoms with Gasteiger partial charge in [0.2, 0.25) is 5.95 Å². The van der Waals surface area contributed by atoms with Gasteiger partial charge in [-0.1, -0.05) is 0 Å². The first-order valence-electron chi connectivity index (χ1n) is 6.87. The van der Waals surface area contributed by atoms with Gasteiger partial charge in [0.15, 0.2) is 5.69 Å². The van der Waals surface area contributed by atoms with Crippen LogP contribution in [0, 0.1) is 0 Å². The predicted octanol–water partition coefficient (Wildman–Crippen LogP) is 2.54. The Morgan fingerprint density at radius 3 is 2.71 bits per heavy atom. The van der Waals surface area contributed by atoms with Gasteiger partial charge in [0.1, 0.15) is 5.82 Å². The van der Waals surface area contributed by atoms with Crippen LogP contribution in [0.25, 0.3) is 0 Å². The first kappa shape index (κ1) is 15.8. The Morgan fingerprint density at radius 1 is 1.38 bits per heavy atom. The Hall–Kier alpha value is -1.57. The van der Waals surface area contributed by atoms with Gasteiger partial charge in [-0.2, -0.15) is 18.2 Å². The van der Waals surface area contributed by atoms with Gasteiger partial charge in [-0.05, 0) is 19.3 Å². The Labute approximate surface area is 121 Å². The molecule has 1 saturated heterocycles. The summed E-state index contributed by atoms with van der Waals surface area (Å²) in [5, 5.41) is 2.56. The lowest BCUT2D eigenvalue weighted by Crippen LogP contribution is -2.34. The number of hydrogen-bond donors (Lipinski definition) is 1. The summed E-state index contributed by atoms with van der Waals surface area (Å²) in [5.41, 5.74) is -0.951. The van der Waals surface area contributed by atoms with E-state index in [9.17, 15) is 13.2 Å². The molecule has 2 heterocycles. The largest absolute Gasteiger partial charge is 0.433 e. The van der Waals surface area contributed by atoms with Gasteiger partial charge in [0.05, 0.1) is 6.10 Å². The van der Waals surface area contributed by atoms with Crippen LogP contribution in [0.5, 0.6) is 0 Å². The third kappa shape index (κ3) is 4.20. The molecule has 1 N–H and O–H groups in total. The highest BCUT2D eigenvalue weighted by molar-refractivity contribution is 5.44. The Bertz CT molecular complexity index is 475. The van der Waals surface area contributed by atoms with Gasteiger partial charge < -0.3 is 15.0 Å². The maximum Gasteiger partial charge on any atom is 0.433 e. The SMILES string of the molecule is CNc1nc(N(C)CC2CCCCO2)cc(C(F)(F)F)n1. The predicted molar refractivity (Wildman–Crippen MR) is 73.4 cm³/mol. The van der Waals surface area contributed by atoms with E-state index in [-0.39, 0.29) is 17.9 Å². The van der Waals surface area contributed by atoms with Gasteiger partial charge in [-0.15, -0.1) is 0 Å². The molecule has 21 heavy (non-hydrogen) atoms. The summed E-state index contributed by atoms with van der Waals surface area (Å²) in [6.07, 6.45) is -1.43. The number of ether oxygens (including phenoxy) is 1. The third-order valence-corrected chi connectivity index (χ3v) is 3.37. The van der Waals surface area contributed by atoms with Crippen molar-refractivity contribution < 1.29 is 17.9 Å². The molecule has 118 valence electrons. The van der Waals surface area contributed by atoms with E-state index in [1.807, 2.05) is 0 Å². The van der Waals surface area contributed by atoms with E-state index in [0.717, 1.165) is 25.3 Å². The number of nitrogens with one attached hydrogen (secondary N) is 1. The minimum atomic E-state index is -4.49. The van der Waals surface area contributed by atoms with Crippen molar-refractivity contribution in [3.05, 3.63) is 11.8 Å². The fourth-order valence-electron chi connectivity index (χ4n) is 2.24. The Kier molecular flexibility index (Phi) is 4.87. The van der Waals surface area contributed by atoms with E-state index < -0.39 is 11.9 Å². The summed E-state index contributed by atoms with van der Waals surface area (Å²) in [6, 6.07) is 0.962. The van der Waals surface area contributed by atoms with E-state index in [2.05, 4.69) is 15.3 Å². The second-order valence-electron chi connectivity index (χ2n) is 5.05. The zero-order chi connectivity index (χ0) is 15.5. The monoisotopic (exact) mass is 304 g/mol. The van der Waals surface area contributed by atoms with Crippen LogP contribution < -0.4 is 10.2 Å². The molecule has 0 radical (unpaired) electrons. The average Bonchev–Trinajstić information content (AvgIpc) is 2.46. The van der Waals surface area contributed by atoms with E-state index in [4.69, 9.17) is 4.74 Å². The number of hydrogen-bond acceptors (Lipinski definition) is 5. The first-order chi connectivity index (χ1) is 9.90. The second kappa shape index (κ2) is 6.46. The lowest BCUT2D eigenvalue weighted by molar-refractivity contribution is -0.141. The zero-order valence-electron chi connectivity index (χ0n) is 12.1. The lowest BCUT2D eigenvalue weighted by Gasteiger charge is -2.28. The molecule has 5 nitrogen and oxygen atoms in total. The second-order valence-corrected chi connectivity index (χ2v) is 5.05. The van der Waals surface area contributed by atoms with Crippen molar-refractivity contribution in [3.63, 3.8) is 0 Å². The number of likely N-dealkylation sites (N-methyl/N-ethyl adjacent to an activating group) is 1. The van der Waals surface area contributed by atoms with E-state index in [1.54, 1.807) is 11.9 Å². The number of alkyl halides is 3. The van der Waals surface area contributed by atoms with Crippen molar-refractivity contribution in [2.45, 2.75) is 31.5 Å². The van der Waals surface area contributed by atoms with Crippen molar-refractivity contribution in [1.82, 2.24) is 9.97 Å². The van der Waals surface area contributed by atoms with E-state index in [1.165, 1.54) is 7.05 Å². The highest BCUT2D eigenvalue weighted by atomic mass is 19.4. The van der Waals surface area contributed by atoms with Crippen LogP contribution in [0.4, 0.5) is 24.9 Å². The summed E-state index contributed by atoms with van der Waals surface area (Å²) in [6.45, 7) is 1.22. The van der Waals surface area contributed by atoms with Crippen LogP contribution in [0.1, 0.15) is 25.0 Å². The van der Waals surface area contributed by atoms with Crippen molar-refractivity contribution in [2.75, 3.05) is 37.5 Å². The molecule has 0 aromatic carbocycles. The lowest BCUT2D eigenvalue weighted by atomic mass is 10.1. The first-order valence-corrected chi connectivity index (χ1v) is 6.87. The Morgan fingerprint density at radius 2 is 2.14 bits per heavy atom. The zero-order valence-corrected chi connectivity index (χ0v) is 12.1. The molecule has 8 heteroatoms. The van der Waals surface area contributed by atoms with Gasteiger partial charge in [0, 0.05) is 33.3 Å². The smallest absolute Gasteiger partial charge is 0.376 e. The summed E-state index contributed by atoms with van der Waals surface area (Å²) in [5.74, 6) is 0.187. The summed E-state index contributed by atoms with van der Waals surface area (Å²) < 4.78 is 44.1.